The monoisotopic (exact) mass is 184 g/mol. The maximum Gasteiger partial charge on any atom is 0.314 e. The second kappa shape index (κ2) is 3.56. The second-order valence-electron chi connectivity index (χ2n) is 4.90. The SMILES string of the molecule is CC(C)NC(=O)NCC1CC1(C)C. The van der Waals surface area contributed by atoms with Crippen molar-refractivity contribution in [2.24, 2.45) is 11.3 Å². The summed E-state index contributed by atoms with van der Waals surface area (Å²) in [6.07, 6.45) is 1.23. The smallest absolute Gasteiger partial charge is 0.314 e. The molecule has 0 saturated heterocycles. The molecule has 0 heterocycles. The summed E-state index contributed by atoms with van der Waals surface area (Å²) in [5.41, 5.74) is 0.450. The average molecular weight is 184 g/mol. The van der Waals surface area contributed by atoms with Gasteiger partial charge in [0, 0.05) is 12.6 Å². The standard InChI is InChI=1S/C10H20N2O/c1-7(2)12-9(13)11-6-8-5-10(8,3)4/h7-8H,5-6H2,1-4H3,(H2,11,12,13). The van der Waals surface area contributed by atoms with Crippen LogP contribution in [0.5, 0.6) is 0 Å². The zero-order valence-corrected chi connectivity index (χ0v) is 8.98. The summed E-state index contributed by atoms with van der Waals surface area (Å²) in [4.78, 5) is 11.2. The number of carbonyl (C=O) groups excluding carboxylic acids is 1. The highest BCUT2D eigenvalue weighted by Crippen LogP contribution is 2.50. The maximum absolute atomic E-state index is 11.2. The molecule has 1 aliphatic carbocycles. The van der Waals surface area contributed by atoms with E-state index in [1.807, 2.05) is 13.8 Å². The van der Waals surface area contributed by atoms with E-state index >= 15 is 0 Å². The summed E-state index contributed by atoms with van der Waals surface area (Å²) in [7, 11) is 0. The molecule has 1 unspecified atom stereocenters. The molecule has 1 saturated carbocycles. The predicted octanol–water partition coefficient (Wildman–Crippen LogP) is 1.74. The third-order valence-electron chi connectivity index (χ3n) is 2.65. The molecule has 0 aromatic carbocycles. The lowest BCUT2D eigenvalue weighted by Crippen LogP contribution is -2.40. The highest BCUT2D eigenvalue weighted by atomic mass is 16.2. The van der Waals surface area contributed by atoms with Crippen molar-refractivity contribution in [3.05, 3.63) is 0 Å². The van der Waals surface area contributed by atoms with Gasteiger partial charge in [0.1, 0.15) is 0 Å². The fraction of sp³-hybridized carbons (Fsp3) is 0.900. The first-order valence-corrected chi connectivity index (χ1v) is 4.96. The number of carbonyl (C=O) groups is 1. The Morgan fingerprint density at radius 3 is 2.46 bits per heavy atom. The summed E-state index contributed by atoms with van der Waals surface area (Å²) in [5.74, 6) is 0.672. The molecule has 2 N–H and O–H groups in total. The molecule has 1 fully saturated rings. The van der Waals surface area contributed by atoms with Crippen LogP contribution in [0.3, 0.4) is 0 Å². The van der Waals surface area contributed by atoms with E-state index in [-0.39, 0.29) is 12.1 Å². The molecular weight excluding hydrogens is 164 g/mol. The third kappa shape index (κ3) is 3.25. The first kappa shape index (κ1) is 10.4. The largest absolute Gasteiger partial charge is 0.338 e. The minimum atomic E-state index is -0.0438. The number of amides is 2. The van der Waals surface area contributed by atoms with E-state index in [1.54, 1.807) is 0 Å². The Morgan fingerprint density at radius 2 is 2.08 bits per heavy atom. The Labute approximate surface area is 80.3 Å². The molecule has 0 aromatic rings. The Morgan fingerprint density at radius 1 is 1.54 bits per heavy atom. The lowest BCUT2D eigenvalue weighted by molar-refractivity contribution is 0.237. The van der Waals surface area contributed by atoms with Crippen LogP contribution in [0.2, 0.25) is 0 Å². The summed E-state index contributed by atoms with van der Waals surface area (Å²) in [6.45, 7) is 9.20. The average Bonchev–Trinajstić information content (AvgIpc) is 2.53. The summed E-state index contributed by atoms with van der Waals surface area (Å²) < 4.78 is 0. The number of nitrogens with one attached hydrogen (secondary N) is 2. The molecule has 0 aromatic heterocycles. The van der Waals surface area contributed by atoms with Crippen LogP contribution in [0.4, 0.5) is 4.79 Å². The minimum absolute atomic E-state index is 0.0438. The molecular formula is C10H20N2O. The Bertz CT molecular complexity index is 199. The van der Waals surface area contributed by atoms with E-state index in [2.05, 4.69) is 24.5 Å². The molecule has 0 aliphatic heterocycles. The van der Waals surface area contributed by atoms with Crippen LogP contribution in [0, 0.1) is 11.3 Å². The number of urea groups is 1. The third-order valence-corrected chi connectivity index (χ3v) is 2.65. The van der Waals surface area contributed by atoms with Crippen LogP contribution in [0.15, 0.2) is 0 Å². The van der Waals surface area contributed by atoms with Gasteiger partial charge in [-0.05, 0) is 31.6 Å². The Hall–Kier alpha value is -0.730. The van der Waals surface area contributed by atoms with Crippen molar-refractivity contribution in [2.45, 2.75) is 40.2 Å². The first-order valence-electron chi connectivity index (χ1n) is 4.96. The van der Waals surface area contributed by atoms with Gasteiger partial charge in [-0.25, -0.2) is 4.79 Å². The topological polar surface area (TPSA) is 41.1 Å². The molecule has 76 valence electrons. The van der Waals surface area contributed by atoms with Gasteiger partial charge in [0.25, 0.3) is 0 Å². The van der Waals surface area contributed by atoms with Crippen molar-refractivity contribution in [3.63, 3.8) is 0 Å². The van der Waals surface area contributed by atoms with E-state index in [0.717, 1.165) is 6.54 Å². The predicted molar refractivity (Wildman–Crippen MR) is 53.6 cm³/mol. The quantitative estimate of drug-likeness (QED) is 0.689. The number of hydrogen-bond donors (Lipinski definition) is 2. The van der Waals surface area contributed by atoms with E-state index in [1.165, 1.54) is 6.42 Å². The maximum atomic E-state index is 11.2. The van der Waals surface area contributed by atoms with Gasteiger partial charge < -0.3 is 10.6 Å². The van der Waals surface area contributed by atoms with Crippen LogP contribution < -0.4 is 10.6 Å². The summed E-state index contributed by atoms with van der Waals surface area (Å²) >= 11 is 0. The van der Waals surface area contributed by atoms with Crippen molar-refractivity contribution < 1.29 is 4.79 Å². The molecule has 3 nitrogen and oxygen atoms in total. The fourth-order valence-electron chi connectivity index (χ4n) is 1.45. The highest BCUT2D eigenvalue weighted by molar-refractivity contribution is 5.74. The van der Waals surface area contributed by atoms with Gasteiger partial charge in [0.05, 0.1) is 0 Å². The van der Waals surface area contributed by atoms with Gasteiger partial charge in [0.2, 0.25) is 0 Å². The van der Waals surface area contributed by atoms with Gasteiger partial charge in [-0.2, -0.15) is 0 Å². The van der Waals surface area contributed by atoms with E-state index < -0.39 is 0 Å². The summed E-state index contributed by atoms with van der Waals surface area (Å²) in [5, 5.41) is 5.68. The van der Waals surface area contributed by atoms with Crippen LogP contribution >= 0.6 is 0 Å². The molecule has 3 heteroatoms. The molecule has 1 rings (SSSR count). The van der Waals surface area contributed by atoms with Gasteiger partial charge in [-0.3, -0.25) is 0 Å². The first-order chi connectivity index (χ1) is 5.92. The van der Waals surface area contributed by atoms with Crippen molar-refractivity contribution in [2.75, 3.05) is 6.54 Å². The van der Waals surface area contributed by atoms with Crippen LogP contribution in [0.25, 0.3) is 0 Å². The van der Waals surface area contributed by atoms with Gasteiger partial charge in [-0.15, -0.1) is 0 Å². The van der Waals surface area contributed by atoms with Crippen LogP contribution in [0.1, 0.15) is 34.1 Å². The zero-order chi connectivity index (χ0) is 10.1. The van der Waals surface area contributed by atoms with Crippen LogP contribution in [-0.4, -0.2) is 18.6 Å². The van der Waals surface area contributed by atoms with E-state index in [0.29, 0.717) is 11.3 Å². The van der Waals surface area contributed by atoms with E-state index in [9.17, 15) is 4.79 Å². The molecule has 2 amide bonds. The van der Waals surface area contributed by atoms with Crippen molar-refractivity contribution in [1.29, 1.82) is 0 Å². The van der Waals surface area contributed by atoms with E-state index in [4.69, 9.17) is 0 Å². The lowest BCUT2D eigenvalue weighted by Gasteiger charge is -2.10. The second-order valence-corrected chi connectivity index (χ2v) is 4.90. The normalized spacial score (nSPS) is 24.2. The zero-order valence-electron chi connectivity index (χ0n) is 8.98. The molecule has 1 aliphatic rings. The van der Waals surface area contributed by atoms with Gasteiger partial charge in [0.15, 0.2) is 0 Å². The Kier molecular flexibility index (Phi) is 2.84. The lowest BCUT2D eigenvalue weighted by atomic mass is 10.1. The van der Waals surface area contributed by atoms with Crippen LogP contribution in [-0.2, 0) is 0 Å². The Balaban J connectivity index is 2.10. The van der Waals surface area contributed by atoms with Gasteiger partial charge in [-0.1, -0.05) is 13.8 Å². The molecule has 1 atom stereocenters. The van der Waals surface area contributed by atoms with Crippen molar-refractivity contribution in [1.82, 2.24) is 10.6 Å². The minimum Gasteiger partial charge on any atom is -0.338 e. The number of rotatable bonds is 3. The fourth-order valence-corrected chi connectivity index (χ4v) is 1.45. The summed E-state index contributed by atoms with van der Waals surface area (Å²) in [6, 6.07) is 0.171. The molecule has 0 bridgehead atoms. The van der Waals surface area contributed by atoms with Gasteiger partial charge >= 0.3 is 6.03 Å². The van der Waals surface area contributed by atoms with Crippen molar-refractivity contribution >= 4 is 6.03 Å². The highest BCUT2D eigenvalue weighted by Gasteiger charge is 2.45. The molecule has 0 radical (unpaired) electrons. The molecule has 0 spiro atoms. The van der Waals surface area contributed by atoms with Crippen molar-refractivity contribution in [3.8, 4) is 0 Å². The number of hydrogen-bond acceptors (Lipinski definition) is 1. The molecule has 13 heavy (non-hydrogen) atoms.